The number of benzene rings is 2. The molecule has 1 aliphatic carbocycles. The normalized spacial score (nSPS) is 18.6. The van der Waals surface area contributed by atoms with Crippen LogP contribution in [-0.4, -0.2) is 11.6 Å². The van der Waals surface area contributed by atoms with E-state index in [1.165, 1.54) is 0 Å². The third-order valence-corrected chi connectivity index (χ3v) is 5.01. The smallest absolute Gasteiger partial charge is 0.229 e. The fourth-order valence-corrected chi connectivity index (χ4v) is 3.59. The molecule has 1 heterocycles. The Labute approximate surface area is 156 Å². The maximum absolute atomic E-state index is 13.2. The Morgan fingerprint density at radius 1 is 1.04 bits per heavy atom. The monoisotopic (exact) mass is 356 g/mol. The molecule has 5 heteroatoms. The summed E-state index contributed by atoms with van der Waals surface area (Å²) in [6, 6.07) is 16.3. The summed E-state index contributed by atoms with van der Waals surface area (Å²) >= 11 is 0. The first-order valence-corrected chi connectivity index (χ1v) is 8.65. The van der Waals surface area contributed by atoms with E-state index >= 15 is 0 Å². The van der Waals surface area contributed by atoms with Gasteiger partial charge in [-0.05, 0) is 17.5 Å². The number of allylic oxidation sites excluding steroid dienone is 3. The molecular formula is C22H16N2O3. The molecule has 0 saturated heterocycles. The number of fused-ring (bicyclic) bond motifs is 1. The number of hydrogen-bond donors (Lipinski definition) is 1. The van der Waals surface area contributed by atoms with E-state index in [4.69, 9.17) is 10.5 Å². The lowest BCUT2D eigenvalue weighted by atomic mass is 9.75. The summed E-state index contributed by atoms with van der Waals surface area (Å²) in [6.07, 6.45) is 0.871. The quantitative estimate of drug-likeness (QED) is 0.890. The fourth-order valence-electron chi connectivity index (χ4n) is 3.59. The topological polar surface area (TPSA) is 93.2 Å². The Hall–Kier alpha value is -3.65. The molecule has 0 unspecified atom stereocenters. The van der Waals surface area contributed by atoms with E-state index in [9.17, 15) is 14.9 Å². The third-order valence-electron chi connectivity index (χ3n) is 5.01. The van der Waals surface area contributed by atoms with Gasteiger partial charge in [0, 0.05) is 11.1 Å². The average molecular weight is 356 g/mol. The lowest BCUT2D eigenvalue weighted by Crippen LogP contribution is -2.32. The van der Waals surface area contributed by atoms with Crippen LogP contribution in [0.25, 0.3) is 0 Å². The maximum atomic E-state index is 13.2. The van der Waals surface area contributed by atoms with Gasteiger partial charge in [-0.2, -0.15) is 5.26 Å². The number of Topliss-reactive ketones (excluding diaryl/α,β-unsaturated/α-hetero) is 2. The molecule has 2 aliphatic rings. The van der Waals surface area contributed by atoms with Gasteiger partial charge < -0.3 is 10.5 Å². The number of aryl methyl sites for hydroxylation is 1. The average Bonchev–Trinajstić information content (AvgIpc) is 2.71. The van der Waals surface area contributed by atoms with Crippen molar-refractivity contribution in [1.82, 2.24) is 0 Å². The van der Waals surface area contributed by atoms with Gasteiger partial charge in [0.2, 0.25) is 11.7 Å². The van der Waals surface area contributed by atoms with Crippen LogP contribution in [-0.2, 0) is 11.2 Å². The third kappa shape index (κ3) is 2.46. The van der Waals surface area contributed by atoms with Gasteiger partial charge >= 0.3 is 0 Å². The molecule has 27 heavy (non-hydrogen) atoms. The van der Waals surface area contributed by atoms with E-state index in [0.717, 1.165) is 17.5 Å². The second-order valence-corrected chi connectivity index (χ2v) is 6.47. The van der Waals surface area contributed by atoms with Gasteiger partial charge in [0.1, 0.15) is 11.6 Å². The van der Waals surface area contributed by atoms with Crippen LogP contribution in [0.5, 0.6) is 0 Å². The fraction of sp³-hybridized carbons (Fsp3) is 0.136. The van der Waals surface area contributed by atoms with E-state index in [1.54, 1.807) is 24.3 Å². The molecule has 0 saturated carbocycles. The van der Waals surface area contributed by atoms with Crippen LogP contribution in [0, 0.1) is 11.3 Å². The van der Waals surface area contributed by atoms with Gasteiger partial charge in [-0.15, -0.1) is 0 Å². The molecular weight excluding hydrogens is 340 g/mol. The molecule has 2 aromatic carbocycles. The first-order valence-electron chi connectivity index (χ1n) is 8.65. The lowest BCUT2D eigenvalue weighted by Gasteiger charge is -2.31. The molecule has 2 aromatic rings. The van der Waals surface area contributed by atoms with Gasteiger partial charge in [-0.3, -0.25) is 9.59 Å². The number of ketones is 2. The lowest BCUT2D eigenvalue weighted by molar-refractivity contribution is 0.0897. The number of carbonyl (C=O) groups is 2. The van der Waals surface area contributed by atoms with E-state index in [2.05, 4.69) is 6.07 Å². The molecule has 0 amide bonds. The zero-order chi connectivity index (χ0) is 19.1. The molecule has 0 bridgehead atoms. The molecule has 1 atom stereocenters. The molecule has 0 radical (unpaired) electrons. The van der Waals surface area contributed by atoms with Crippen LogP contribution in [0.4, 0.5) is 0 Å². The van der Waals surface area contributed by atoms with Gasteiger partial charge in [-0.1, -0.05) is 55.5 Å². The Morgan fingerprint density at radius 2 is 1.67 bits per heavy atom. The SMILES string of the molecule is CCc1ccc([C@H]2C(C#N)=C(N)OC3=C2C(=O)c2ccccc2C3=O)cc1. The van der Waals surface area contributed by atoms with E-state index in [-0.39, 0.29) is 34.1 Å². The van der Waals surface area contributed by atoms with E-state index in [1.807, 2.05) is 31.2 Å². The highest BCUT2D eigenvalue weighted by atomic mass is 16.5. The van der Waals surface area contributed by atoms with Crippen molar-refractivity contribution in [3.05, 3.63) is 93.6 Å². The van der Waals surface area contributed by atoms with Crippen LogP contribution >= 0.6 is 0 Å². The second-order valence-electron chi connectivity index (χ2n) is 6.47. The van der Waals surface area contributed by atoms with Crippen molar-refractivity contribution in [3.8, 4) is 6.07 Å². The Balaban J connectivity index is 1.94. The predicted octanol–water partition coefficient (Wildman–Crippen LogP) is 3.39. The minimum atomic E-state index is -0.727. The van der Waals surface area contributed by atoms with E-state index < -0.39 is 11.7 Å². The second kappa shape index (κ2) is 6.26. The van der Waals surface area contributed by atoms with Crippen molar-refractivity contribution in [1.29, 1.82) is 5.26 Å². The molecule has 0 aromatic heterocycles. The highest BCUT2D eigenvalue weighted by molar-refractivity contribution is 6.27. The van der Waals surface area contributed by atoms with Gasteiger partial charge in [0.05, 0.1) is 11.5 Å². The van der Waals surface area contributed by atoms with Crippen molar-refractivity contribution in [2.45, 2.75) is 19.3 Å². The Bertz CT molecular complexity index is 1090. The standard InChI is InChI=1S/C22H16N2O3/c1-2-12-7-9-13(10-8-12)17-16(11-23)22(24)27-21-18(17)19(25)14-5-3-4-6-15(14)20(21)26/h3-10,17H,2,24H2,1H3/t17-/m0/s1. The van der Waals surface area contributed by atoms with Crippen LogP contribution in [0.1, 0.15) is 44.7 Å². The van der Waals surface area contributed by atoms with Crippen LogP contribution in [0.2, 0.25) is 0 Å². The van der Waals surface area contributed by atoms with Crippen LogP contribution in [0.3, 0.4) is 0 Å². The summed E-state index contributed by atoms with van der Waals surface area (Å²) in [4.78, 5) is 26.1. The molecule has 0 spiro atoms. The summed E-state index contributed by atoms with van der Waals surface area (Å²) in [5.41, 5.74) is 8.72. The van der Waals surface area contributed by atoms with Gasteiger partial charge in [0.15, 0.2) is 11.5 Å². The maximum Gasteiger partial charge on any atom is 0.229 e. The summed E-state index contributed by atoms with van der Waals surface area (Å²) in [7, 11) is 0. The number of carbonyl (C=O) groups excluding carboxylic acids is 2. The number of nitrogens with zero attached hydrogens (tertiary/aromatic N) is 1. The molecule has 5 nitrogen and oxygen atoms in total. The van der Waals surface area contributed by atoms with Crippen molar-refractivity contribution in [2.24, 2.45) is 5.73 Å². The van der Waals surface area contributed by atoms with Crippen LogP contribution in [0.15, 0.2) is 71.3 Å². The van der Waals surface area contributed by atoms with Crippen molar-refractivity contribution in [2.75, 3.05) is 0 Å². The molecule has 1 aliphatic heterocycles. The van der Waals surface area contributed by atoms with Crippen molar-refractivity contribution >= 4 is 11.6 Å². The summed E-state index contributed by atoms with van der Waals surface area (Å²) < 4.78 is 5.47. The zero-order valence-corrected chi connectivity index (χ0v) is 14.7. The molecule has 132 valence electrons. The van der Waals surface area contributed by atoms with E-state index in [0.29, 0.717) is 5.56 Å². The number of ether oxygens (including phenoxy) is 1. The Morgan fingerprint density at radius 3 is 2.26 bits per heavy atom. The zero-order valence-electron chi connectivity index (χ0n) is 14.7. The predicted molar refractivity (Wildman–Crippen MR) is 98.6 cm³/mol. The number of rotatable bonds is 2. The van der Waals surface area contributed by atoms with Gasteiger partial charge in [0.25, 0.3) is 0 Å². The molecule has 0 fully saturated rings. The number of nitrogens with two attached hydrogens (primary N) is 1. The first-order chi connectivity index (χ1) is 13.1. The number of nitriles is 1. The highest BCUT2D eigenvalue weighted by Gasteiger charge is 2.43. The first kappa shape index (κ1) is 16.8. The Kier molecular flexibility index (Phi) is 3.89. The largest absolute Gasteiger partial charge is 0.436 e. The van der Waals surface area contributed by atoms with Crippen LogP contribution < -0.4 is 5.73 Å². The highest BCUT2D eigenvalue weighted by Crippen LogP contribution is 2.43. The molecule has 4 rings (SSSR count). The minimum Gasteiger partial charge on any atom is -0.436 e. The summed E-state index contributed by atoms with van der Waals surface area (Å²) in [5, 5.41) is 9.64. The van der Waals surface area contributed by atoms with Crippen molar-refractivity contribution in [3.63, 3.8) is 0 Å². The number of hydrogen-bond acceptors (Lipinski definition) is 5. The summed E-state index contributed by atoms with van der Waals surface area (Å²) in [6.45, 7) is 2.04. The van der Waals surface area contributed by atoms with Gasteiger partial charge in [-0.25, -0.2) is 0 Å². The minimum absolute atomic E-state index is 0.0835. The van der Waals surface area contributed by atoms with Crippen molar-refractivity contribution < 1.29 is 14.3 Å². The molecule has 2 N–H and O–H groups in total. The summed E-state index contributed by atoms with van der Waals surface area (Å²) in [5.74, 6) is -1.66.